The van der Waals surface area contributed by atoms with Gasteiger partial charge in [0.15, 0.2) is 0 Å². The topological polar surface area (TPSA) is 43.8 Å². The number of halogens is 3. The third kappa shape index (κ3) is 2.11. The molecular weight excluding hydrogens is 231 g/mol. The fourth-order valence-corrected chi connectivity index (χ4v) is 1.57. The summed E-state index contributed by atoms with van der Waals surface area (Å²) in [6.45, 7) is 0. The fraction of sp³-hybridized carbons (Fsp3) is 0.182. The molecule has 0 amide bonds. The molecule has 1 heterocycles. The van der Waals surface area contributed by atoms with Crippen LogP contribution in [0.25, 0.3) is 11.3 Å². The predicted octanol–water partition coefficient (Wildman–Crippen LogP) is 2.69. The zero-order chi connectivity index (χ0) is 12.6. The van der Waals surface area contributed by atoms with E-state index in [1.807, 2.05) is 0 Å². The number of rotatable bonds is 1. The van der Waals surface area contributed by atoms with Gasteiger partial charge in [-0.2, -0.15) is 18.3 Å². The lowest BCUT2D eigenvalue weighted by molar-refractivity contribution is -0.137. The van der Waals surface area contributed by atoms with Gasteiger partial charge in [-0.1, -0.05) is 18.2 Å². The first-order valence-electron chi connectivity index (χ1n) is 4.85. The number of hydrogen-bond acceptors (Lipinski definition) is 2. The van der Waals surface area contributed by atoms with E-state index < -0.39 is 11.7 Å². The van der Waals surface area contributed by atoms with E-state index >= 15 is 0 Å². The standard InChI is InChI=1S/C11H10F3N3/c1-17-10(15)6-9(16-17)7-4-2-3-5-8(7)11(12,13)14/h2-6H,15H2,1H3. The molecule has 2 aromatic rings. The van der Waals surface area contributed by atoms with E-state index in [1.54, 1.807) is 7.05 Å². The highest BCUT2D eigenvalue weighted by Gasteiger charge is 2.33. The van der Waals surface area contributed by atoms with Gasteiger partial charge in [-0.15, -0.1) is 0 Å². The van der Waals surface area contributed by atoms with Gasteiger partial charge in [0, 0.05) is 18.7 Å². The van der Waals surface area contributed by atoms with Gasteiger partial charge in [-0.25, -0.2) is 0 Å². The second kappa shape index (κ2) is 3.80. The summed E-state index contributed by atoms with van der Waals surface area (Å²) in [4.78, 5) is 0. The Balaban J connectivity index is 2.60. The van der Waals surface area contributed by atoms with Crippen molar-refractivity contribution in [2.24, 2.45) is 7.05 Å². The molecule has 1 aromatic heterocycles. The number of nitrogens with two attached hydrogens (primary N) is 1. The van der Waals surface area contributed by atoms with Crippen LogP contribution < -0.4 is 5.73 Å². The van der Waals surface area contributed by atoms with Crippen LogP contribution in [0.4, 0.5) is 19.0 Å². The van der Waals surface area contributed by atoms with Gasteiger partial charge in [-0.05, 0) is 6.07 Å². The van der Waals surface area contributed by atoms with Crippen LogP contribution in [0.1, 0.15) is 5.56 Å². The molecule has 0 saturated heterocycles. The quantitative estimate of drug-likeness (QED) is 0.834. The third-order valence-corrected chi connectivity index (χ3v) is 2.42. The summed E-state index contributed by atoms with van der Waals surface area (Å²) in [5, 5.41) is 3.95. The summed E-state index contributed by atoms with van der Waals surface area (Å²) >= 11 is 0. The van der Waals surface area contributed by atoms with Crippen LogP contribution in [-0.2, 0) is 13.2 Å². The van der Waals surface area contributed by atoms with E-state index in [2.05, 4.69) is 5.10 Å². The van der Waals surface area contributed by atoms with Crippen molar-refractivity contribution in [1.82, 2.24) is 9.78 Å². The summed E-state index contributed by atoms with van der Waals surface area (Å²) in [6, 6.07) is 6.71. The molecule has 2 N–H and O–H groups in total. The molecule has 0 fully saturated rings. The zero-order valence-electron chi connectivity index (χ0n) is 8.99. The highest BCUT2D eigenvalue weighted by Crippen LogP contribution is 2.36. The van der Waals surface area contributed by atoms with Crippen LogP contribution in [0.5, 0.6) is 0 Å². The van der Waals surface area contributed by atoms with Gasteiger partial charge >= 0.3 is 6.18 Å². The van der Waals surface area contributed by atoms with Crippen molar-refractivity contribution < 1.29 is 13.2 Å². The van der Waals surface area contributed by atoms with Crippen LogP contribution >= 0.6 is 0 Å². The Labute approximate surface area is 95.7 Å². The molecule has 0 aliphatic heterocycles. The maximum atomic E-state index is 12.8. The Kier molecular flexibility index (Phi) is 2.57. The predicted molar refractivity (Wildman–Crippen MR) is 58.1 cm³/mol. The Morgan fingerprint density at radius 1 is 1.24 bits per heavy atom. The van der Waals surface area contributed by atoms with Gasteiger partial charge in [0.25, 0.3) is 0 Å². The fourth-order valence-electron chi connectivity index (χ4n) is 1.57. The van der Waals surface area contributed by atoms with E-state index in [0.717, 1.165) is 6.07 Å². The number of anilines is 1. The second-order valence-electron chi connectivity index (χ2n) is 3.62. The van der Waals surface area contributed by atoms with Crippen LogP contribution in [0.3, 0.4) is 0 Å². The first-order chi connectivity index (χ1) is 7.89. The molecule has 0 aliphatic carbocycles. The van der Waals surface area contributed by atoms with Gasteiger partial charge in [0.1, 0.15) is 5.82 Å². The molecule has 3 nitrogen and oxygen atoms in total. The Bertz CT molecular complexity index is 524. The summed E-state index contributed by atoms with van der Waals surface area (Å²) in [6.07, 6.45) is -4.40. The molecule has 0 aliphatic rings. The van der Waals surface area contributed by atoms with Gasteiger partial charge in [0.05, 0.1) is 11.3 Å². The maximum Gasteiger partial charge on any atom is 0.417 e. The van der Waals surface area contributed by atoms with Crippen LogP contribution in [0.15, 0.2) is 30.3 Å². The molecule has 0 atom stereocenters. The number of hydrogen-bond donors (Lipinski definition) is 1. The first kappa shape index (κ1) is 11.5. The minimum Gasteiger partial charge on any atom is -0.384 e. The Morgan fingerprint density at radius 2 is 1.88 bits per heavy atom. The van der Waals surface area contributed by atoms with Crippen LogP contribution in [0.2, 0.25) is 0 Å². The number of benzene rings is 1. The molecule has 0 spiro atoms. The summed E-state index contributed by atoms with van der Waals surface area (Å²) in [7, 11) is 1.58. The summed E-state index contributed by atoms with van der Waals surface area (Å²) in [5.74, 6) is 0.317. The maximum absolute atomic E-state index is 12.8. The van der Waals surface area contributed by atoms with Gasteiger partial charge in [0.2, 0.25) is 0 Å². The van der Waals surface area contributed by atoms with Crippen molar-refractivity contribution in [2.45, 2.75) is 6.18 Å². The number of aromatic nitrogens is 2. The third-order valence-electron chi connectivity index (χ3n) is 2.42. The number of alkyl halides is 3. The lowest BCUT2D eigenvalue weighted by atomic mass is 10.0. The number of nitrogens with zero attached hydrogens (tertiary/aromatic N) is 2. The molecule has 1 aromatic carbocycles. The lowest BCUT2D eigenvalue weighted by Gasteiger charge is -2.10. The molecule has 0 saturated carbocycles. The van der Waals surface area contributed by atoms with Crippen LogP contribution in [0, 0.1) is 0 Å². The van der Waals surface area contributed by atoms with E-state index in [-0.39, 0.29) is 11.3 Å². The average molecular weight is 241 g/mol. The molecular formula is C11H10F3N3. The van der Waals surface area contributed by atoms with Gasteiger partial charge < -0.3 is 5.73 Å². The van der Waals surface area contributed by atoms with Crippen molar-refractivity contribution in [3.8, 4) is 11.3 Å². The van der Waals surface area contributed by atoms with Crippen molar-refractivity contribution in [3.63, 3.8) is 0 Å². The van der Waals surface area contributed by atoms with Crippen molar-refractivity contribution >= 4 is 5.82 Å². The average Bonchev–Trinajstić information content (AvgIpc) is 2.58. The van der Waals surface area contributed by atoms with E-state index in [1.165, 1.54) is 28.9 Å². The minimum atomic E-state index is -4.40. The lowest BCUT2D eigenvalue weighted by Crippen LogP contribution is -2.07. The summed E-state index contributed by atoms with van der Waals surface area (Å²) in [5.41, 5.74) is 5.10. The molecule has 6 heteroatoms. The molecule has 90 valence electrons. The number of nitrogen functional groups attached to an aromatic ring is 1. The largest absolute Gasteiger partial charge is 0.417 e. The SMILES string of the molecule is Cn1nc(-c2ccccc2C(F)(F)F)cc1N. The van der Waals surface area contributed by atoms with Crippen molar-refractivity contribution in [3.05, 3.63) is 35.9 Å². The molecule has 0 radical (unpaired) electrons. The number of aryl methyl sites for hydroxylation is 1. The minimum absolute atomic E-state index is 0.0345. The van der Waals surface area contributed by atoms with E-state index in [4.69, 9.17) is 5.73 Å². The highest BCUT2D eigenvalue weighted by atomic mass is 19.4. The highest BCUT2D eigenvalue weighted by molar-refractivity contribution is 5.66. The Hall–Kier alpha value is -1.98. The van der Waals surface area contributed by atoms with E-state index in [9.17, 15) is 13.2 Å². The monoisotopic (exact) mass is 241 g/mol. The van der Waals surface area contributed by atoms with E-state index in [0.29, 0.717) is 5.82 Å². The first-order valence-corrected chi connectivity index (χ1v) is 4.85. The van der Waals surface area contributed by atoms with Crippen molar-refractivity contribution in [1.29, 1.82) is 0 Å². The normalized spacial score (nSPS) is 11.8. The molecule has 2 rings (SSSR count). The second-order valence-corrected chi connectivity index (χ2v) is 3.62. The molecule has 0 unspecified atom stereocenters. The van der Waals surface area contributed by atoms with Crippen LogP contribution in [-0.4, -0.2) is 9.78 Å². The molecule has 17 heavy (non-hydrogen) atoms. The van der Waals surface area contributed by atoms with Gasteiger partial charge in [-0.3, -0.25) is 4.68 Å². The Morgan fingerprint density at radius 3 is 2.41 bits per heavy atom. The smallest absolute Gasteiger partial charge is 0.384 e. The summed E-state index contributed by atoms with van der Waals surface area (Å²) < 4.78 is 39.7. The zero-order valence-corrected chi connectivity index (χ0v) is 8.99. The molecule has 0 bridgehead atoms. The van der Waals surface area contributed by atoms with Crippen molar-refractivity contribution in [2.75, 3.05) is 5.73 Å².